The Bertz CT molecular complexity index is 420. The summed E-state index contributed by atoms with van der Waals surface area (Å²) in [6.07, 6.45) is 2.43. The zero-order valence-corrected chi connectivity index (χ0v) is 14.2. The molecular formula is C13H18Cl3NO4. The van der Waals surface area contributed by atoms with Gasteiger partial charge in [-0.3, -0.25) is 4.90 Å². The molecular weight excluding hydrogens is 341 g/mol. The van der Waals surface area contributed by atoms with Crippen LogP contribution in [0.1, 0.15) is 26.7 Å². The van der Waals surface area contributed by atoms with E-state index >= 15 is 0 Å². The van der Waals surface area contributed by atoms with Crippen LogP contribution in [0, 0.1) is 0 Å². The maximum atomic E-state index is 12.0. The van der Waals surface area contributed by atoms with E-state index in [0.29, 0.717) is 6.42 Å². The van der Waals surface area contributed by atoms with Gasteiger partial charge in [0.2, 0.25) is 3.79 Å². The van der Waals surface area contributed by atoms with Crippen molar-refractivity contribution >= 4 is 46.9 Å². The molecule has 5 nitrogen and oxygen atoms in total. The third kappa shape index (κ3) is 5.93. The van der Waals surface area contributed by atoms with Crippen molar-refractivity contribution in [1.82, 2.24) is 4.90 Å². The lowest BCUT2D eigenvalue weighted by Crippen LogP contribution is -2.48. The van der Waals surface area contributed by atoms with Crippen molar-refractivity contribution in [3.05, 3.63) is 11.6 Å². The topological polar surface area (TPSA) is 55.8 Å². The fourth-order valence-corrected chi connectivity index (χ4v) is 2.13. The molecule has 1 unspecified atom stereocenters. The summed E-state index contributed by atoms with van der Waals surface area (Å²) in [5.74, 6) is -0.456. The highest BCUT2D eigenvalue weighted by Crippen LogP contribution is 2.27. The molecule has 8 heteroatoms. The second kappa shape index (κ2) is 8.11. The van der Waals surface area contributed by atoms with Gasteiger partial charge in [0.25, 0.3) is 0 Å². The Balaban J connectivity index is 2.78. The number of amides is 1. The van der Waals surface area contributed by atoms with E-state index in [0.717, 1.165) is 12.0 Å². The van der Waals surface area contributed by atoms with Crippen molar-refractivity contribution in [2.75, 3.05) is 19.8 Å². The zero-order chi connectivity index (χ0) is 16.0. The van der Waals surface area contributed by atoms with E-state index in [9.17, 15) is 9.59 Å². The molecule has 0 aromatic rings. The molecule has 0 spiro atoms. The van der Waals surface area contributed by atoms with Gasteiger partial charge in [-0.15, -0.1) is 0 Å². The summed E-state index contributed by atoms with van der Waals surface area (Å²) in [7, 11) is 0. The number of alkyl halides is 3. The molecule has 0 bridgehead atoms. The highest BCUT2D eigenvalue weighted by atomic mass is 35.6. The monoisotopic (exact) mass is 357 g/mol. The molecule has 0 aromatic heterocycles. The van der Waals surface area contributed by atoms with Crippen LogP contribution in [0.4, 0.5) is 4.79 Å². The van der Waals surface area contributed by atoms with Gasteiger partial charge in [0.15, 0.2) is 0 Å². The molecule has 0 fully saturated rings. The number of carbonyl (C=O) groups is 2. The van der Waals surface area contributed by atoms with Crippen molar-refractivity contribution in [3.8, 4) is 0 Å². The molecule has 1 heterocycles. The minimum Gasteiger partial charge on any atom is -0.464 e. The lowest BCUT2D eigenvalue weighted by molar-refractivity contribution is -0.149. The van der Waals surface area contributed by atoms with Gasteiger partial charge in [-0.05, 0) is 19.8 Å². The normalized spacial score (nSPS) is 19.0. The zero-order valence-electron chi connectivity index (χ0n) is 11.9. The van der Waals surface area contributed by atoms with Crippen LogP contribution in [0.3, 0.4) is 0 Å². The SMILES string of the molecule is CCOC(=O)C1CC(CC)=CCN1C(=O)OCC(Cl)(Cl)Cl. The summed E-state index contributed by atoms with van der Waals surface area (Å²) < 4.78 is 8.25. The van der Waals surface area contributed by atoms with Gasteiger partial charge in [-0.1, -0.05) is 53.4 Å². The molecule has 120 valence electrons. The fourth-order valence-electron chi connectivity index (χ4n) is 1.96. The summed E-state index contributed by atoms with van der Waals surface area (Å²) in [5, 5.41) is 0. The summed E-state index contributed by atoms with van der Waals surface area (Å²) in [6, 6.07) is -0.701. The molecule has 1 atom stereocenters. The van der Waals surface area contributed by atoms with Crippen LogP contribution in [-0.2, 0) is 14.3 Å². The van der Waals surface area contributed by atoms with Gasteiger partial charge in [-0.25, -0.2) is 9.59 Å². The van der Waals surface area contributed by atoms with Gasteiger partial charge in [0.1, 0.15) is 12.6 Å². The highest BCUT2D eigenvalue weighted by molar-refractivity contribution is 6.67. The predicted molar refractivity (Wildman–Crippen MR) is 81.8 cm³/mol. The molecule has 1 aliphatic rings. The van der Waals surface area contributed by atoms with Gasteiger partial charge >= 0.3 is 12.1 Å². The number of rotatable bonds is 4. The highest BCUT2D eigenvalue weighted by Gasteiger charge is 2.35. The third-order valence-corrected chi connectivity index (χ3v) is 3.34. The molecule has 0 aliphatic carbocycles. The first kappa shape index (κ1) is 18.4. The minimum atomic E-state index is -1.69. The van der Waals surface area contributed by atoms with Gasteiger partial charge < -0.3 is 9.47 Å². The molecule has 1 aliphatic heterocycles. The van der Waals surface area contributed by atoms with E-state index in [4.69, 9.17) is 44.3 Å². The number of esters is 1. The molecule has 0 saturated heterocycles. The number of carbonyl (C=O) groups excluding carboxylic acids is 2. The largest absolute Gasteiger partial charge is 0.464 e. The lowest BCUT2D eigenvalue weighted by atomic mass is 9.98. The fraction of sp³-hybridized carbons (Fsp3) is 0.692. The van der Waals surface area contributed by atoms with Crippen molar-refractivity contribution in [1.29, 1.82) is 0 Å². The lowest BCUT2D eigenvalue weighted by Gasteiger charge is -2.33. The summed E-state index contributed by atoms with van der Waals surface area (Å²) in [6.45, 7) is 3.84. The van der Waals surface area contributed by atoms with E-state index < -0.39 is 21.9 Å². The van der Waals surface area contributed by atoms with Crippen LogP contribution >= 0.6 is 34.8 Å². The Kier molecular flexibility index (Phi) is 7.10. The van der Waals surface area contributed by atoms with Crippen LogP contribution in [0.5, 0.6) is 0 Å². The maximum Gasteiger partial charge on any atom is 0.410 e. The molecule has 1 amide bonds. The van der Waals surface area contributed by atoms with Gasteiger partial charge in [0, 0.05) is 6.54 Å². The number of halogens is 3. The quantitative estimate of drug-likeness (QED) is 0.439. The van der Waals surface area contributed by atoms with Crippen LogP contribution in [-0.4, -0.2) is 46.6 Å². The Morgan fingerprint density at radius 1 is 1.33 bits per heavy atom. The van der Waals surface area contributed by atoms with E-state index in [2.05, 4.69) is 0 Å². The first-order valence-electron chi connectivity index (χ1n) is 6.63. The Morgan fingerprint density at radius 2 is 2.00 bits per heavy atom. The van der Waals surface area contributed by atoms with Crippen LogP contribution in [0.15, 0.2) is 11.6 Å². The van der Waals surface area contributed by atoms with Crippen molar-refractivity contribution in [2.45, 2.75) is 36.5 Å². The molecule has 0 saturated carbocycles. The average Bonchev–Trinajstić information content (AvgIpc) is 2.43. The van der Waals surface area contributed by atoms with E-state index in [1.54, 1.807) is 6.92 Å². The van der Waals surface area contributed by atoms with Crippen LogP contribution in [0.25, 0.3) is 0 Å². The number of nitrogens with zero attached hydrogens (tertiary/aromatic N) is 1. The minimum absolute atomic E-state index is 0.248. The maximum absolute atomic E-state index is 12.0. The average molecular weight is 359 g/mol. The first-order chi connectivity index (χ1) is 9.78. The Morgan fingerprint density at radius 3 is 2.52 bits per heavy atom. The smallest absolute Gasteiger partial charge is 0.410 e. The molecule has 0 aromatic carbocycles. The number of ether oxygens (including phenoxy) is 2. The summed E-state index contributed by atoms with van der Waals surface area (Å²) in [4.78, 5) is 25.3. The standard InChI is InChI=1S/C13H18Cl3NO4/c1-3-9-5-6-17(10(7-9)11(18)20-4-2)12(19)21-8-13(14,15)16/h5,10H,3-4,6-8H2,1-2H3. The van der Waals surface area contributed by atoms with Crippen LogP contribution in [0.2, 0.25) is 0 Å². The summed E-state index contributed by atoms with van der Waals surface area (Å²) in [5.41, 5.74) is 1.10. The van der Waals surface area contributed by atoms with Crippen molar-refractivity contribution in [2.24, 2.45) is 0 Å². The Labute approximate surface area is 139 Å². The molecule has 0 N–H and O–H groups in total. The second-order valence-corrected chi connectivity index (χ2v) is 7.03. The number of hydrogen-bond donors (Lipinski definition) is 0. The van der Waals surface area contributed by atoms with E-state index in [1.165, 1.54) is 4.90 Å². The predicted octanol–water partition coefficient (Wildman–Crippen LogP) is 3.47. The molecule has 21 heavy (non-hydrogen) atoms. The molecule has 1 rings (SSSR count). The van der Waals surface area contributed by atoms with E-state index in [1.807, 2.05) is 13.0 Å². The third-order valence-electron chi connectivity index (χ3n) is 3.02. The second-order valence-electron chi connectivity index (χ2n) is 4.51. The number of hydrogen-bond acceptors (Lipinski definition) is 4. The Hall–Kier alpha value is -0.650. The van der Waals surface area contributed by atoms with Crippen molar-refractivity contribution < 1.29 is 19.1 Å². The first-order valence-corrected chi connectivity index (χ1v) is 7.76. The van der Waals surface area contributed by atoms with E-state index in [-0.39, 0.29) is 19.8 Å². The van der Waals surface area contributed by atoms with Gasteiger partial charge in [-0.2, -0.15) is 0 Å². The summed E-state index contributed by atoms with van der Waals surface area (Å²) >= 11 is 16.6. The van der Waals surface area contributed by atoms with Gasteiger partial charge in [0.05, 0.1) is 6.61 Å². The van der Waals surface area contributed by atoms with Crippen molar-refractivity contribution in [3.63, 3.8) is 0 Å². The molecule has 0 radical (unpaired) electrons. The van der Waals surface area contributed by atoms with Crippen LogP contribution < -0.4 is 0 Å².